The number of fused-ring (bicyclic) bond motifs is 1. The van der Waals surface area contributed by atoms with Crippen LogP contribution < -0.4 is 11.1 Å². The van der Waals surface area contributed by atoms with Crippen LogP contribution in [-0.4, -0.2) is 55.0 Å². The van der Waals surface area contributed by atoms with Crippen molar-refractivity contribution in [2.45, 2.75) is 38.6 Å². The predicted molar refractivity (Wildman–Crippen MR) is 112 cm³/mol. The number of rotatable bonds is 5. The molecule has 1 saturated heterocycles. The Balaban J connectivity index is 0.00000169. The van der Waals surface area contributed by atoms with Crippen LogP contribution in [0, 0.1) is 0 Å². The largest absolute Gasteiger partial charge is 0.399 e. The van der Waals surface area contributed by atoms with Crippen molar-refractivity contribution in [3.63, 3.8) is 0 Å². The highest BCUT2D eigenvalue weighted by Crippen LogP contribution is 2.30. The SMILES string of the molecule is CCN1CCN(CCC(=O)NC2CCCc3cc(N)ccc32)CC1.Cl.Cl. The first kappa shape index (κ1) is 23.0. The van der Waals surface area contributed by atoms with Gasteiger partial charge in [0.2, 0.25) is 5.91 Å². The van der Waals surface area contributed by atoms with Crippen LogP contribution in [-0.2, 0) is 11.2 Å². The highest BCUT2D eigenvalue weighted by Gasteiger charge is 2.22. The number of carbonyl (C=O) groups is 1. The molecule has 26 heavy (non-hydrogen) atoms. The minimum Gasteiger partial charge on any atom is -0.399 e. The van der Waals surface area contributed by atoms with Crippen molar-refractivity contribution in [2.75, 3.05) is 45.0 Å². The number of piperazine rings is 1. The van der Waals surface area contributed by atoms with Gasteiger partial charge in [-0.25, -0.2) is 0 Å². The van der Waals surface area contributed by atoms with Crippen molar-refractivity contribution in [3.05, 3.63) is 29.3 Å². The fraction of sp³-hybridized carbons (Fsp3) is 0.632. The maximum atomic E-state index is 12.4. The molecule has 1 aliphatic heterocycles. The minimum absolute atomic E-state index is 0. The number of nitrogen functional groups attached to an aromatic ring is 1. The summed E-state index contributed by atoms with van der Waals surface area (Å²) in [7, 11) is 0. The van der Waals surface area contributed by atoms with Crippen LogP contribution in [0.15, 0.2) is 18.2 Å². The van der Waals surface area contributed by atoms with Crippen LogP contribution in [0.25, 0.3) is 0 Å². The van der Waals surface area contributed by atoms with Crippen LogP contribution in [0.5, 0.6) is 0 Å². The third kappa shape index (κ3) is 6.02. The number of anilines is 1. The topological polar surface area (TPSA) is 61.6 Å². The highest BCUT2D eigenvalue weighted by molar-refractivity contribution is 5.85. The number of benzene rings is 1. The first-order valence-electron chi connectivity index (χ1n) is 9.28. The van der Waals surface area contributed by atoms with E-state index < -0.39 is 0 Å². The van der Waals surface area contributed by atoms with E-state index in [1.54, 1.807) is 0 Å². The summed E-state index contributed by atoms with van der Waals surface area (Å²) in [5, 5.41) is 3.24. The van der Waals surface area contributed by atoms with E-state index in [1.165, 1.54) is 11.1 Å². The number of nitrogens with two attached hydrogens (primary N) is 1. The second-order valence-corrected chi connectivity index (χ2v) is 7.00. The Bertz CT molecular complexity index is 577. The number of halogens is 2. The van der Waals surface area contributed by atoms with Gasteiger partial charge in [0.15, 0.2) is 0 Å². The van der Waals surface area contributed by atoms with Crippen LogP contribution in [0.4, 0.5) is 5.69 Å². The van der Waals surface area contributed by atoms with Crippen molar-refractivity contribution in [2.24, 2.45) is 0 Å². The zero-order valence-corrected chi connectivity index (χ0v) is 17.2. The smallest absolute Gasteiger partial charge is 0.221 e. The molecule has 0 saturated carbocycles. The maximum absolute atomic E-state index is 12.4. The number of nitrogens with one attached hydrogen (secondary N) is 1. The molecule has 1 fully saturated rings. The van der Waals surface area contributed by atoms with Crippen molar-refractivity contribution in [1.29, 1.82) is 0 Å². The zero-order chi connectivity index (χ0) is 16.9. The van der Waals surface area contributed by atoms with Gasteiger partial charge in [0, 0.05) is 44.8 Å². The highest BCUT2D eigenvalue weighted by atomic mass is 35.5. The molecule has 0 radical (unpaired) electrons. The molecule has 1 aromatic rings. The summed E-state index contributed by atoms with van der Waals surface area (Å²) in [4.78, 5) is 17.2. The molecule has 2 aliphatic rings. The molecule has 0 bridgehead atoms. The summed E-state index contributed by atoms with van der Waals surface area (Å²) >= 11 is 0. The molecular weight excluding hydrogens is 371 g/mol. The lowest BCUT2D eigenvalue weighted by molar-refractivity contribution is -0.122. The summed E-state index contributed by atoms with van der Waals surface area (Å²) in [6, 6.07) is 6.23. The van der Waals surface area contributed by atoms with Crippen molar-refractivity contribution in [1.82, 2.24) is 15.1 Å². The van der Waals surface area contributed by atoms with E-state index in [-0.39, 0.29) is 36.8 Å². The Morgan fingerprint density at radius 2 is 1.88 bits per heavy atom. The Hall–Kier alpha value is -1.01. The van der Waals surface area contributed by atoms with Crippen LogP contribution in [0.2, 0.25) is 0 Å². The molecule has 0 spiro atoms. The number of nitrogens with zero attached hydrogens (tertiary/aromatic N) is 2. The lowest BCUT2D eigenvalue weighted by Crippen LogP contribution is -2.47. The van der Waals surface area contributed by atoms with E-state index in [9.17, 15) is 4.79 Å². The summed E-state index contributed by atoms with van der Waals surface area (Å²) in [6.45, 7) is 8.59. The Morgan fingerprint density at radius 3 is 2.58 bits per heavy atom. The maximum Gasteiger partial charge on any atom is 0.221 e. The van der Waals surface area contributed by atoms with Gasteiger partial charge >= 0.3 is 0 Å². The molecular formula is C19H32Cl2N4O. The van der Waals surface area contributed by atoms with Crippen molar-refractivity contribution in [3.8, 4) is 0 Å². The molecule has 1 atom stereocenters. The zero-order valence-electron chi connectivity index (χ0n) is 15.6. The molecule has 1 unspecified atom stereocenters. The van der Waals surface area contributed by atoms with Gasteiger partial charge in [0.05, 0.1) is 6.04 Å². The first-order valence-corrected chi connectivity index (χ1v) is 9.28. The first-order chi connectivity index (χ1) is 11.7. The minimum atomic E-state index is 0. The standard InChI is InChI=1S/C19H30N4O.2ClH/c1-2-22-10-12-23(13-11-22)9-8-19(24)21-18-5-3-4-15-14-16(20)6-7-17(15)18;;/h6-7,14,18H,2-5,8-13,20H2,1H3,(H,21,24);2*1H. The van der Waals surface area contributed by atoms with Crippen LogP contribution >= 0.6 is 24.8 Å². The summed E-state index contributed by atoms with van der Waals surface area (Å²) in [5.74, 6) is 0.169. The normalized spacial score (nSPS) is 20.4. The molecule has 0 aromatic heterocycles. The fourth-order valence-corrected chi connectivity index (χ4v) is 3.84. The van der Waals surface area contributed by atoms with Crippen LogP contribution in [0.3, 0.4) is 0 Å². The van der Waals surface area contributed by atoms with Gasteiger partial charge in [0.1, 0.15) is 0 Å². The lowest BCUT2D eigenvalue weighted by Gasteiger charge is -2.34. The summed E-state index contributed by atoms with van der Waals surface area (Å²) < 4.78 is 0. The molecule has 3 N–H and O–H groups in total. The number of likely N-dealkylation sites (N-methyl/N-ethyl adjacent to an activating group) is 1. The third-order valence-corrected chi connectivity index (χ3v) is 5.38. The monoisotopic (exact) mass is 402 g/mol. The van der Waals surface area contributed by atoms with Gasteiger partial charge in [0.25, 0.3) is 0 Å². The van der Waals surface area contributed by atoms with E-state index in [2.05, 4.69) is 34.2 Å². The van der Waals surface area contributed by atoms with Crippen molar-refractivity contribution >= 4 is 36.4 Å². The summed E-state index contributed by atoms with van der Waals surface area (Å²) in [6.07, 6.45) is 3.79. The van der Waals surface area contributed by atoms with Gasteiger partial charge < -0.3 is 20.9 Å². The van der Waals surface area contributed by atoms with Gasteiger partial charge in [-0.15, -0.1) is 24.8 Å². The number of hydrogen-bond donors (Lipinski definition) is 2. The second-order valence-electron chi connectivity index (χ2n) is 7.00. The average molecular weight is 403 g/mol. The third-order valence-electron chi connectivity index (χ3n) is 5.38. The van der Waals surface area contributed by atoms with E-state index in [4.69, 9.17) is 5.73 Å². The van der Waals surface area contributed by atoms with Gasteiger partial charge in [-0.1, -0.05) is 13.0 Å². The van der Waals surface area contributed by atoms with Crippen molar-refractivity contribution < 1.29 is 4.79 Å². The second kappa shape index (κ2) is 11.0. The average Bonchev–Trinajstić information content (AvgIpc) is 2.60. The molecule has 7 heteroatoms. The van der Waals surface area contributed by atoms with Gasteiger partial charge in [-0.05, 0) is 49.1 Å². The number of amides is 1. The number of hydrogen-bond acceptors (Lipinski definition) is 4. The number of aryl methyl sites for hydroxylation is 1. The van der Waals surface area contributed by atoms with Crippen LogP contribution in [0.1, 0.15) is 43.4 Å². The number of carbonyl (C=O) groups excluding carboxylic acids is 1. The Morgan fingerprint density at radius 1 is 1.19 bits per heavy atom. The predicted octanol–water partition coefficient (Wildman–Crippen LogP) is 2.63. The fourth-order valence-electron chi connectivity index (χ4n) is 3.84. The summed E-state index contributed by atoms with van der Waals surface area (Å²) in [5.41, 5.74) is 9.24. The van der Waals surface area contributed by atoms with Gasteiger partial charge in [-0.2, -0.15) is 0 Å². The lowest BCUT2D eigenvalue weighted by atomic mass is 9.87. The molecule has 1 aliphatic carbocycles. The molecule has 148 valence electrons. The van der Waals surface area contributed by atoms with E-state index in [1.807, 2.05) is 6.07 Å². The van der Waals surface area contributed by atoms with E-state index >= 15 is 0 Å². The van der Waals surface area contributed by atoms with E-state index in [0.29, 0.717) is 6.42 Å². The Labute approximate surface area is 169 Å². The molecule has 5 nitrogen and oxygen atoms in total. The molecule has 1 heterocycles. The molecule has 1 aromatic carbocycles. The molecule has 1 amide bonds. The van der Waals surface area contributed by atoms with E-state index in [0.717, 1.165) is 64.2 Å². The molecule has 3 rings (SSSR count). The Kier molecular flexibility index (Phi) is 9.72. The van der Waals surface area contributed by atoms with Gasteiger partial charge in [-0.3, -0.25) is 4.79 Å². The quantitative estimate of drug-likeness (QED) is 0.743.